The van der Waals surface area contributed by atoms with Gasteiger partial charge in [0, 0.05) is 43.1 Å². The van der Waals surface area contributed by atoms with Gasteiger partial charge in [-0.05, 0) is 41.8 Å². The van der Waals surface area contributed by atoms with E-state index in [4.69, 9.17) is 18.9 Å². The van der Waals surface area contributed by atoms with E-state index in [-0.39, 0.29) is 25.2 Å². The van der Waals surface area contributed by atoms with Crippen LogP contribution in [-0.2, 0) is 21.5 Å². The van der Waals surface area contributed by atoms with Gasteiger partial charge in [-0.15, -0.1) is 0 Å². The Morgan fingerprint density at radius 2 is 1.78 bits per heavy atom. The highest BCUT2D eigenvalue weighted by Gasteiger charge is 2.57. The number of amides is 2. The Hall–Kier alpha value is -4.04. The molecule has 36 heavy (non-hydrogen) atoms. The van der Waals surface area contributed by atoms with Gasteiger partial charge in [-0.1, -0.05) is 30.3 Å². The molecule has 8 nitrogen and oxygen atoms in total. The lowest BCUT2D eigenvalue weighted by molar-refractivity contribution is -0.122. The number of ether oxygens (including phenoxy) is 4. The van der Waals surface area contributed by atoms with Crippen LogP contribution in [0.15, 0.2) is 60.7 Å². The number of hydrogen-bond acceptors (Lipinski definition) is 6. The topological polar surface area (TPSA) is 86.3 Å². The molecule has 0 radical (unpaired) electrons. The monoisotopic (exact) mass is 486 g/mol. The number of carbonyl (C=O) groups is 2. The Kier molecular flexibility index (Phi) is 5.53. The molecule has 1 spiro atoms. The van der Waals surface area contributed by atoms with Gasteiger partial charge < -0.3 is 29.2 Å². The number of hydrogen-bond donors (Lipinski definition) is 1. The summed E-state index contributed by atoms with van der Waals surface area (Å²) in [6, 6.07) is 18.9. The van der Waals surface area contributed by atoms with E-state index >= 15 is 0 Å². The van der Waals surface area contributed by atoms with Gasteiger partial charge in [0.05, 0.1) is 6.54 Å². The molecule has 8 heteroatoms. The number of benzene rings is 3. The minimum atomic E-state index is -0.936. The Morgan fingerprint density at radius 1 is 1.00 bits per heavy atom. The Balaban J connectivity index is 1.27. The number of anilines is 1. The molecule has 184 valence electrons. The summed E-state index contributed by atoms with van der Waals surface area (Å²) in [5.74, 6) is 1.73. The van der Waals surface area contributed by atoms with E-state index in [0.29, 0.717) is 42.5 Å². The summed E-state index contributed by atoms with van der Waals surface area (Å²) >= 11 is 0. The fraction of sp³-hybridized carbons (Fsp3) is 0.286. The van der Waals surface area contributed by atoms with Crippen LogP contribution in [0.3, 0.4) is 0 Å². The normalized spacial score (nSPS) is 18.8. The van der Waals surface area contributed by atoms with Gasteiger partial charge in [0.2, 0.25) is 12.7 Å². The average Bonchev–Trinajstić information content (AvgIpc) is 3.58. The van der Waals surface area contributed by atoms with E-state index in [9.17, 15) is 9.59 Å². The summed E-state index contributed by atoms with van der Waals surface area (Å²) in [6.07, 6.45) is 0.757. The first kappa shape index (κ1) is 22.4. The third-order valence-corrected chi connectivity index (χ3v) is 7.01. The van der Waals surface area contributed by atoms with Crippen molar-refractivity contribution in [3.8, 4) is 17.2 Å². The second kappa shape index (κ2) is 8.87. The van der Waals surface area contributed by atoms with Crippen molar-refractivity contribution in [2.24, 2.45) is 0 Å². The summed E-state index contributed by atoms with van der Waals surface area (Å²) in [7, 11) is 1.64. The minimum absolute atomic E-state index is 0.0405. The lowest BCUT2D eigenvalue weighted by Gasteiger charge is -2.23. The van der Waals surface area contributed by atoms with Crippen molar-refractivity contribution in [2.45, 2.75) is 18.4 Å². The van der Waals surface area contributed by atoms with Gasteiger partial charge in [0.1, 0.15) is 17.8 Å². The van der Waals surface area contributed by atoms with E-state index in [2.05, 4.69) is 5.32 Å². The Bertz CT molecular complexity index is 1340. The van der Waals surface area contributed by atoms with Crippen molar-refractivity contribution in [3.63, 3.8) is 0 Å². The number of nitrogens with one attached hydrogen (secondary N) is 1. The van der Waals surface area contributed by atoms with Crippen molar-refractivity contribution in [1.82, 2.24) is 5.32 Å². The van der Waals surface area contributed by atoms with Gasteiger partial charge in [-0.3, -0.25) is 9.59 Å². The zero-order valence-corrected chi connectivity index (χ0v) is 19.9. The van der Waals surface area contributed by atoms with Crippen LogP contribution >= 0.6 is 0 Å². The lowest BCUT2D eigenvalue weighted by Crippen LogP contribution is -2.42. The molecule has 1 atom stereocenters. The predicted molar refractivity (Wildman–Crippen MR) is 132 cm³/mol. The number of fused-ring (bicyclic) bond motifs is 5. The minimum Gasteiger partial charge on any atom is -0.491 e. The zero-order valence-electron chi connectivity index (χ0n) is 19.9. The average molecular weight is 487 g/mol. The van der Waals surface area contributed by atoms with Crippen molar-refractivity contribution in [3.05, 3.63) is 82.9 Å². The summed E-state index contributed by atoms with van der Waals surface area (Å²) in [6.45, 7) is 1.92. The van der Waals surface area contributed by atoms with Crippen LogP contribution in [0, 0.1) is 0 Å². The molecular weight excluding hydrogens is 460 g/mol. The second-order valence-electron chi connectivity index (χ2n) is 9.10. The SMILES string of the molecule is COCCCNC(=O)c1ccc(CN2C(=O)C3(COc4cc5c(cc43)OCO5)c3ccccc32)cc1. The number of nitrogens with zero attached hydrogens (tertiary/aromatic N) is 1. The predicted octanol–water partition coefficient (Wildman–Crippen LogP) is 3.41. The second-order valence-corrected chi connectivity index (χ2v) is 9.10. The smallest absolute Gasteiger partial charge is 0.251 e. The van der Waals surface area contributed by atoms with Crippen LogP contribution in [0.5, 0.6) is 17.2 Å². The van der Waals surface area contributed by atoms with Crippen molar-refractivity contribution < 1.29 is 28.5 Å². The third kappa shape index (κ3) is 3.48. The molecule has 6 rings (SSSR count). The molecule has 1 unspecified atom stereocenters. The molecule has 1 N–H and O–H groups in total. The first-order chi connectivity index (χ1) is 17.6. The van der Waals surface area contributed by atoms with Gasteiger partial charge in [0.15, 0.2) is 11.5 Å². The molecule has 3 heterocycles. The molecule has 0 aliphatic carbocycles. The van der Waals surface area contributed by atoms with E-state index in [1.165, 1.54) is 0 Å². The molecule has 0 fully saturated rings. The maximum absolute atomic E-state index is 14.1. The van der Waals surface area contributed by atoms with E-state index in [1.54, 1.807) is 24.1 Å². The zero-order chi connectivity index (χ0) is 24.7. The van der Waals surface area contributed by atoms with Crippen LogP contribution in [0.2, 0.25) is 0 Å². The van der Waals surface area contributed by atoms with E-state index in [0.717, 1.165) is 28.8 Å². The summed E-state index contributed by atoms with van der Waals surface area (Å²) in [5, 5.41) is 2.89. The maximum Gasteiger partial charge on any atom is 0.251 e. The summed E-state index contributed by atoms with van der Waals surface area (Å²) in [4.78, 5) is 28.3. The van der Waals surface area contributed by atoms with E-state index in [1.807, 2.05) is 48.5 Å². The molecule has 0 saturated heterocycles. The van der Waals surface area contributed by atoms with Crippen LogP contribution < -0.4 is 24.4 Å². The molecule has 3 aromatic carbocycles. The van der Waals surface area contributed by atoms with Crippen LogP contribution in [0.1, 0.15) is 33.5 Å². The molecule has 0 aromatic heterocycles. The van der Waals surface area contributed by atoms with Crippen LogP contribution in [-0.4, -0.2) is 45.5 Å². The molecule has 0 bridgehead atoms. The van der Waals surface area contributed by atoms with Crippen molar-refractivity contribution >= 4 is 17.5 Å². The first-order valence-corrected chi connectivity index (χ1v) is 12.0. The number of rotatable bonds is 7. The Labute approximate surface area is 208 Å². The van der Waals surface area contributed by atoms with Gasteiger partial charge >= 0.3 is 0 Å². The quantitative estimate of drug-likeness (QED) is 0.515. The largest absolute Gasteiger partial charge is 0.491 e. The summed E-state index contributed by atoms with van der Waals surface area (Å²) in [5.41, 5.74) is 3.14. The first-order valence-electron chi connectivity index (χ1n) is 12.0. The molecule has 3 aliphatic rings. The van der Waals surface area contributed by atoms with Crippen molar-refractivity contribution in [1.29, 1.82) is 0 Å². The fourth-order valence-corrected chi connectivity index (χ4v) is 5.19. The third-order valence-electron chi connectivity index (χ3n) is 7.01. The molecule has 3 aliphatic heterocycles. The number of para-hydroxylation sites is 1. The Morgan fingerprint density at radius 3 is 2.58 bits per heavy atom. The van der Waals surface area contributed by atoms with Crippen LogP contribution in [0.4, 0.5) is 5.69 Å². The molecular formula is C28H26N2O6. The van der Waals surface area contributed by atoms with Gasteiger partial charge in [0.25, 0.3) is 5.91 Å². The standard InChI is InChI=1S/C28H26N2O6/c1-33-12-4-11-29-26(31)19-9-7-18(8-10-19)15-30-22-6-3-2-5-20(22)28(27(30)32)16-34-23-14-25-24(13-21(23)28)35-17-36-25/h2-3,5-10,13-14H,4,11-12,15-17H2,1H3,(H,29,31). The number of carbonyl (C=O) groups excluding carboxylic acids is 2. The molecule has 0 saturated carbocycles. The number of methoxy groups -OCH3 is 1. The fourth-order valence-electron chi connectivity index (χ4n) is 5.19. The van der Waals surface area contributed by atoms with Gasteiger partial charge in [-0.2, -0.15) is 0 Å². The molecule has 3 aromatic rings. The lowest BCUT2D eigenvalue weighted by atomic mass is 9.77. The highest BCUT2D eigenvalue weighted by Crippen LogP contribution is 2.55. The van der Waals surface area contributed by atoms with E-state index < -0.39 is 5.41 Å². The molecule has 2 amide bonds. The summed E-state index contributed by atoms with van der Waals surface area (Å²) < 4.78 is 22.2. The van der Waals surface area contributed by atoms with Crippen LogP contribution in [0.25, 0.3) is 0 Å². The highest BCUT2D eigenvalue weighted by atomic mass is 16.7. The van der Waals surface area contributed by atoms with Gasteiger partial charge in [-0.25, -0.2) is 0 Å². The maximum atomic E-state index is 14.1. The highest BCUT2D eigenvalue weighted by molar-refractivity contribution is 6.11. The van der Waals surface area contributed by atoms with Crippen molar-refractivity contribution in [2.75, 3.05) is 38.6 Å².